The fourth-order valence-electron chi connectivity index (χ4n) is 2.08. The molecule has 5 heteroatoms. The van der Waals surface area contributed by atoms with E-state index in [2.05, 4.69) is 10.3 Å². The second-order valence-corrected chi connectivity index (χ2v) is 4.88. The number of amides is 1. The van der Waals surface area contributed by atoms with E-state index in [1.54, 1.807) is 37.5 Å². The zero-order valence-electron chi connectivity index (χ0n) is 12.3. The fourth-order valence-corrected chi connectivity index (χ4v) is 2.08. The third kappa shape index (κ3) is 3.31. The summed E-state index contributed by atoms with van der Waals surface area (Å²) in [5.41, 5.74) is 2.92. The first kappa shape index (κ1) is 14.8. The van der Waals surface area contributed by atoms with E-state index in [-0.39, 0.29) is 17.8 Å². The maximum atomic E-state index is 12.1. The number of benzene rings is 1. The molecule has 2 N–H and O–H groups in total. The van der Waals surface area contributed by atoms with Crippen molar-refractivity contribution in [2.45, 2.75) is 19.8 Å². The van der Waals surface area contributed by atoms with Crippen molar-refractivity contribution in [1.82, 2.24) is 4.98 Å². The van der Waals surface area contributed by atoms with E-state index in [0.717, 1.165) is 11.1 Å². The summed E-state index contributed by atoms with van der Waals surface area (Å²) in [6.07, 6.45) is 3.43. The summed E-state index contributed by atoms with van der Waals surface area (Å²) >= 11 is 0. The second kappa shape index (κ2) is 6.26. The van der Waals surface area contributed by atoms with E-state index >= 15 is 0 Å². The monoisotopic (exact) mass is 286 g/mol. The van der Waals surface area contributed by atoms with E-state index < -0.39 is 0 Å². The van der Waals surface area contributed by atoms with Crippen molar-refractivity contribution in [2.75, 3.05) is 12.4 Å². The molecule has 1 aromatic carbocycles. The van der Waals surface area contributed by atoms with Gasteiger partial charge in [0.2, 0.25) is 0 Å². The molecular formula is C16H18N2O3. The maximum absolute atomic E-state index is 12.1. The molecule has 2 rings (SSSR count). The van der Waals surface area contributed by atoms with Crippen molar-refractivity contribution in [2.24, 2.45) is 0 Å². The van der Waals surface area contributed by atoms with Crippen LogP contribution in [0.4, 0.5) is 5.69 Å². The lowest BCUT2D eigenvalue weighted by Crippen LogP contribution is -2.14. The Labute approximate surface area is 123 Å². The number of aromatic nitrogens is 1. The Morgan fingerprint density at radius 2 is 2.05 bits per heavy atom. The van der Waals surface area contributed by atoms with Gasteiger partial charge in [-0.1, -0.05) is 12.1 Å². The molecule has 0 aliphatic heterocycles. The highest BCUT2D eigenvalue weighted by atomic mass is 16.5. The molecular weight excluding hydrogens is 268 g/mol. The van der Waals surface area contributed by atoms with E-state index in [4.69, 9.17) is 4.74 Å². The lowest BCUT2D eigenvalue weighted by atomic mass is 10.0. The number of aryl methyl sites for hydroxylation is 1. The molecule has 110 valence electrons. The number of anilines is 1. The standard InChI is InChI=1S/C16H18N2O3/c1-10-8-17-9-14(10)15(19)18-13-6-4-5-12(7-13)11(2)16(20)21-3/h4-9,11,17H,1-3H3,(H,18,19)/t11-/m0/s1. The first-order valence-corrected chi connectivity index (χ1v) is 6.65. The van der Waals surface area contributed by atoms with Crippen molar-refractivity contribution >= 4 is 17.6 Å². The quantitative estimate of drug-likeness (QED) is 0.849. The third-order valence-corrected chi connectivity index (χ3v) is 3.40. The van der Waals surface area contributed by atoms with Gasteiger partial charge in [0.1, 0.15) is 0 Å². The molecule has 21 heavy (non-hydrogen) atoms. The van der Waals surface area contributed by atoms with Crippen LogP contribution in [0.1, 0.15) is 34.3 Å². The van der Waals surface area contributed by atoms with Crippen molar-refractivity contribution < 1.29 is 14.3 Å². The van der Waals surface area contributed by atoms with Crippen molar-refractivity contribution in [3.63, 3.8) is 0 Å². The van der Waals surface area contributed by atoms with Gasteiger partial charge in [-0.15, -0.1) is 0 Å². The van der Waals surface area contributed by atoms with E-state index in [9.17, 15) is 9.59 Å². The topological polar surface area (TPSA) is 71.2 Å². The van der Waals surface area contributed by atoms with Gasteiger partial charge in [0, 0.05) is 18.1 Å². The summed E-state index contributed by atoms with van der Waals surface area (Å²) in [7, 11) is 1.36. The molecule has 0 radical (unpaired) electrons. The van der Waals surface area contributed by atoms with Crippen LogP contribution in [0, 0.1) is 6.92 Å². The van der Waals surface area contributed by atoms with Crippen LogP contribution in [0.2, 0.25) is 0 Å². The van der Waals surface area contributed by atoms with Crippen LogP contribution in [0.3, 0.4) is 0 Å². The van der Waals surface area contributed by atoms with Crippen LogP contribution in [0.5, 0.6) is 0 Å². The van der Waals surface area contributed by atoms with Gasteiger partial charge in [-0.05, 0) is 37.1 Å². The van der Waals surface area contributed by atoms with Gasteiger partial charge >= 0.3 is 5.97 Å². The molecule has 1 atom stereocenters. The van der Waals surface area contributed by atoms with Gasteiger partial charge < -0.3 is 15.0 Å². The summed E-state index contributed by atoms with van der Waals surface area (Å²) in [5, 5.41) is 2.83. The molecule has 0 aliphatic rings. The summed E-state index contributed by atoms with van der Waals surface area (Å²) in [5.74, 6) is -0.863. The minimum absolute atomic E-state index is 0.184. The Bertz CT molecular complexity index is 661. The summed E-state index contributed by atoms with van der Waals surface area (Å²) in [4.78, 5) is 26.6. The molecule has 0 fully saturated rings. The molecule has 0 spiro atoms. The molecule has 1 aromatic heterocycles. The van der Waals surface area contributed by atoms with Gasteiger partial charge in [-0.25, -0.2) is 0 Å². The van der Waals surface area contributed by atoms with E-state index in [1.165, 1.54) is 7.11 Å². The average molecular weight is 286 g/mol. The van der Waals surface area contributed by atoms with Crippen LogP contribution >= 0.6 is 0 Å². The third-order valence-electron chi connectivity index (χ3n) is 3.40. The molecule has 1 amide bonds. The van der Waals surface area contributed by atoms with Gasteiger partial charge in [0.15, 0.2) is 0 Å². The Balaban J connectivity index is 2.17. The average Bonchev–Trinajstić information content (AvgIpc) is 2.92. The summed E-state index contributed by atoms with van der Waals surface area (Å²) in [6, 6.07) is 7.20. The first-order chi connectivity index (χ1) is 10.0. The predicted octanol–water partition coefficient (Wildman–Crippen LogP) is 2.85. The number of ether oxygens (including phenoxy) is 1. The van der Waals surface area contributed by atoms with Crippen molar-refractivity contribution in [3.8, 4) is 0 Å². The number of methoxy groups -OCH3 is 1. The first-order valence-electron chi connectivity index (χ1n) is 6.65. The van der Waals surface area contributed by atoms with Gasteiger partial charge in [-0.2, -0.15) is 0 Å². The largest absolute Gasteiger partial charge is 0.469 e. The van der Waals surface area contributed by atoms with Crippen LogP contribution in [-0.2, 0) is 9.53 Å². The number of esters is 1. The normalized spacial score (nSPS) is 11.8. The SMILES string of the molecule is COC(=O)[C@@H](C)c1cccc(NC(=O)c2c[nH]cc2C)c1. The number of hydrogen-bond donors (Lipinski definition) is 2. The molecule has 0 saturated heterocycles. The number of rotatable bonds is 4. The fraction of sp³-hybridized carbons (Fsp3) is 0.250. The molecule has 0 bridgehead atoms. The second-order valence-electron chi connectivity index (χ2n) is 4.88. The lowest BCUT2D eigenvalue weighted by Gasteiger charge is -2.11. The number of hydrogen-bond acceptors (Lipinski definition) is 3. The number of nitrogens with one attached hydrogen (secondary N) is 2. The van der Waals surface area contributed by atoms with Crippen molar-refractivity contribution in [1.29, 1.82) is 0 Å². The highest BCUT2D eigenvalue weighted by Gasteiger charge is 2.16. The Kier molecular flexibility index (Phi) is 4.42. The maximum Gasteiger partial charge on any atom is 0.312 e. The molecule has 1 heterocycles. The molecule has 0 aliphatic carbocycles. The van der Waals surface area contributed by atoms with Crippen molar-refractivity contribution in [3.05, 3.63) is 53.3 Å². The molecule has 0 unspecified atom stereocenters. The molecule has 0 saturated carbocycles. The number of H-pyrrole nitrogens is 1. The molecule has 2 aromatic rings. The highest BCUT2D eigenvalue weighted by molar-refractivity contribution is 6.05. The zero-order chi connectivity index (χ0) is 15.4. The highest BCUT2D eigenvalue weighted by Crippen LogP contribution is 2.21. The van der Waals surface area contributed by atoms with E-state index in [0.29, 0.717) is 11.3 Å². The smallest absolute Gasteiger partial charge is 0.312 e. The molecule has 5 nitrogen and oxygen atoms in total. The number of carbonyl (C=O) groups excluding carboxylic acids is 2. The Morgan fingerprint density at radius 1 is 1.29 bits per heavy atom. The van der Waals surface area contributed by atoms with Crippen LogP contribution < -0.4 is 5.32 Å². The van der Waals surface area contributed by atoms with Crippen LogP contribution in [0.15, 0.2) is 36.7 Å². The zero-order valence-corrected chi connectivity index (χ0v) is 12.3. The summed E-state index contributed by atoms with van der Waals surface area (Å²) in [6.45, 7) is 3.63. The van der Waals surface area contributed by atoms with Crippen LogP contribution in [0.25, 0.3) is 0 Å². The number of aromatic amines is 1. The predicted molar refractivity (Wildman–Crippen MR) is 80.4 cm³/mol. The minimum Gasteiger partial charge on any atom is -0.469 e. The lowest BCUT2D eigenvalue weighted by molar-refractivity contribution is -0.141. The van der Waals surface area contributed by atoms with Gasteiger partial charge in [-0.3, -0.25) is 9.59 Å². The summed E-state index contributed by atoms with van der Waals surface area (Å²) < 4.78 is 4.73. The van der Waals surface area contributed by atoms with Gasteiger partial charge in [0.25, 0.3) is 5.91 Å². The van der Waals surface area contributed by atoms with Crippen LogP contribution in [-0.4, -0.2) is 24.0 Å². The van der Waals surface area contributed by atoms with Gasteiger partial charge in [0.05, 0.1) is 18.6 Å². The minimum atomic E-state index is -0.374. The Morgan fingerprint density at radius 3 is 2.67 bits per heavy atom. The Hall–Kier alpha value is -2.56. The number of carbonyl (C=O) groups is 2. The van der Waals surface area contributed by atoms with E-state index in [1.807, 2.05) is 13.0 Å².